The molecule has 2 aromatic rings. The molecule has 2 aliphatic rings. The van der Waals surface area contributed by atoms with Crippen LogP contribution < -0.4 is 10.6 Å². The number of benzene rings is 2. The van der Waals surface area contributed by atoms with Crippen molar-refractivity contribution in [3.05, 3.63) is 71.8 Å². The minimum Gasteiger partial charge on any atom is -0.444 e. The fourth-order valence-corrected chi connectivity index (χ4v) is 6.45. The Morgan fingerprint density at radius 2 is 0.907 bits per heavy atom. The van der Waals surface area contributed by atoms with Crippen LogP contribution >= 0.6 is 0 Å². The molecule has 0 saturated heterocycles. The Balaban J connectivity index is 1.45. The van der Waals surface area contributed by atoms with Gasteiger partial charge in [-0.2, -0.15) is 0 Å². The van der Waals surface area contributed by atoms with Crippen LogP contribution in [-0.4, -0.2) is 35.5 Å². The average Bonchev–Trinajstić information content (AvgIpc) is 2.94. The molecule has 2 fully saturated rings. The topological polar surface area (TPSA) is 85.9 Å². The van der Waals surface area contributed by atoms with E-state index in [1.54, 1.807) is 0 Å². The molecule has 2 atom stereocenters. The van der Waals surface area contributed by atoms with Gasteiger partial charge in [0.2, 0.25) is 0 Å². The number of alkyl carbamates (subject to hydrolysis) is 2. The highest BCUT2D eigenvalue weighted by molar-refractivity contribution is 5.68. The molecule has 2 saturated carbocycles. The number of carbonyl (C=O) groups is 2. The van der Waals surface area contributed by atoms with Gasteiger partial charge in [-0.25, -0.2) is 9.59 Å². The Hall–Kier alpha value is -3.06. The quantitative estimate of drug-likeness (QED) is 0.320. The van der Waals surface area contributed by atoms with E-state index in [4.69, 9.17) is 14.2 Å². The molecule has 7 heteroatoms. The van der Waals surface area contributed by atoms with Crippen LogP contribution in [0.1, 0.15) is 116 Å². The standard InChI is InChI=1S/C36H52N2O5/c1-35(2,3)42-33(39)37-29-21-17-27(18-22-29)31(25-13-9-7-10-14-25)41-32(26-15-11-8-12-16-26)28-19-23-30(24-20-28)38-34(40)43-36(4,5)6/h7-16,27-32H,17-24H2,1-6H3,(H,37,39)(H,38,40). The van der Waals surface area contributed by atoms with Gasteiger partial charge < -0.3 is 24.8 Å². The molecule has 0 spiro atoms. The number of rotatable bonds is 8. The van der Waals surface area contributed by atoms with Gasteiger partial charge in [0.25, 0.3) is 0 Å². The molecule has 2 unspecified atom stereocenters. The summed E-state index contributed by atoms with van der Waals surface area (Å²) < 4.78 is 18.2. The van der Waals surface area contributed by atoms with E-state index in [1.165, 1.54) is 11.1 Å². The van der Waals surface area contributed by atoms with Crippen LogP contribution in [0.5, 0.6) is 0 Å². The van der Waals surface area contributed by atoms with Crippen molar-refractivity contribution in [1.82, 2.24) is 10.6 Å². The Morgan fingerprint density at radius 3 is 1.21 bits per heavy atom. The third-order valence-corrected chi connectivity index (χ3v) is 8.39. The molecular formula is C36H52N2O5. The molecule has 4 rings (SSSR count). The Bertz CT molecular complexity index is 1050. The van der Waals surface area contributed by atoms with E-state index in [0.717, 1.165) is 51.4 Å². The summed E-state index contributed by atoms with van der Waals surface area (Å²) in [7, 11) is 0. The van der Waals surface area contributed by atoms with Gasteiger partial charge in [-0.3, -0.25) is 0 Å². The molecule has 7 nitrogen and oxygen atoms in total. The van der Waals surface area contributed by atoms with Crippen LogP contribution in [0.15, 0.2) is 60.7 Å². The normalized spacial score (nSPS) is 24.3. The van der Waals surface area contributed by atoms with E-state index in [2.05, 4.69) is 71.3 Å². The second-order valence-corrected chi connectivity index (χ2v) is 14.3. The highest BCUT2D eigenvalue weighted by Crippen LogP contribution is 2.45. The number of hydrogen-bond donors (Lipinski definition) is 2. The van der Waals surface area contributed by atoms with Crippen molar-refractivity contribution in [3.8, 4) is 0 Å². The van der Waals surface area contributed by atoms with Gasteiger partial charge in [0.05, 0.1) is 12.2 Å². The summed E-state index contributed by atoms with van der Waals surface area (Å²) in [4.78, 5) is 24.8. The molecule has 236 valence electrons. The van der Waals surface area contributed by atoms with Crippen LogP contribution in [-0.2, 0) is 14.2 Å². The molecule has 0 radical (unpaired) electrons. The van der Waals surface area contributed by atoms with Crippen LogP contribution in [0.25, 0.3) is 0 Å². The Kier molecular flexibility index (Phi) is 11.2. The Morgan fingerprint density at radius 1 is 0.581 bits per heavy atom. The van der Waals surface area contributed by atoms with Gasteiger partial charge in [0.15, 0.2) is 0 Å². The zero-order chi connectivity index (χ0) is 31.0. The summed E-state index contributed by atoms with van der Waals surface area (Å²) in [6.45, 7) is 11.3. The van der Waals surface area contributed by atoms with E-state index < -0.39 is 11.2 Å². The zero-order valence-electron chi connectivity index (χ0n) is 26.9. The van der Waals surface area contributed by atoms with Crippen molar-refractivity contribution in [2.24, 2.45) is 11.8 Å². The number of hydrogen-bond acceptors (Lipinski definition) is 5. The molecule has 2 aromatic carbocycles. The number of carbonyl (C=O) groups excluding carboxylic acids is 2. The monoisotopic (exact) mass is 592 g/mol. The predicted octanol–water partition coefficient (Wildman–Crippen LogP) is 8.65. The maximum absolute atomic E-state index is 12.4. The lowest BCUT2D eigenvalue weighted by Crippen LogP contribution is -2.42. The molecule has 0 heterocycles. The molecule has 0 bridgehead atoms. The largest absolute Gasteiger partial charge is 0.444 e. The minimum absolute atomic E-state index is 0.0495. The van der Waals surface area contributed by atoms with Gasteiger partial charge in [-0.1, -0.05) is 60.7 Å². The highest BCUT2D eigenvalue weighted by Gasteiger charge is 2.36. The van der Waals surface area contributed by atoms with Crippen molar-refractivity contribution in [2.45, 2.75) is 128 Å². The lowest BCUT2D eigenvalue weighted by atomic mass is 9.78. The first-order valence-electron chi connectivity index (χ1n) is 16.1. The van der Waals surface area contributed by atoms with E-state index >= 15 is 0 Å². The maximum Gasteiger partial charge on any atom is 0.407 e. The fraction of sp³-hybridized carbons (Fsp3) is 0.611. The fourth-order valence-electron chi connectivity index (χ4n) is 6.45. The number of nitrogens with one attached hydrogen (secondary N) is 2. The lowest BCUT2D eigenvalue weighted by molar-refractivity contribution is -0.0885. The first-order chi connectivity index (χ1) is 20.4. The van der Waals surface area contributed by atoms with E-state index in [1.807, 2.05) is 41.5 Å². The third kappa shape index (κ3) is 10.6. The maximum atomic E-state index is 12.4. The minimum atomic E-state index is -0.509. The van der Waals surface area contributed by atoms with Crippen molar-refractivity contribution >= 4 is 12.2 Å². The summed E-state index contributed by atoms with van der Waals surface area (Å²) in [5.74, 6) is 0.686. The summed E-state index contributed by atoms with van der Waals surface area (Å²) in [5, 5.41) is 6.16. The Labute approximate surface area is 258 Å². The number of amides is 2. The average molecular weight is 593 g/mol. The summed E-state index contributed by atoms with van der Waals surface area (Å²) in [5.41, 5.74) is 1.38. The van der Waals surface area contributed by atoms with Crippen LogP contribution in [0.2, 0.25) is 0 Å². The first-order valence-corrected chi connectivity index (χ1v) is 16.1. The van der Waals surface area contributed by atoms with E-state index in [-0.39, 0.29) is 36.5 Å². The molecule has 0 aromatic heterocycles. The second-order valence-electron chi connectivity index (χ2n) is 14.3. The van der Waals surface area contributed by atoms with Crippen LogP contribution in [0, 0.1) is 11.8 Å². The molecule has 2 N–H and O–H groups in total. The van der Waals surface area contributed by atoms with Crippen LogP contribution in [0.3, 0.4) is 0 Å². The van der Waals surface area contributed by atoms with Gasteiger partial charge in [0.1, 0.15) is 11.2 Å². The van der Waals surface area contributed by atoms with Crippen LogP contribution in [0.4, 0.5) is 9.59 Å². The molecule has 2 aliphatic carbocycles. The predicted molar refractivity (Wildman–Crippen MR) is 170 cm³/mol. The van der Waals surface area contributed by atoms with Crippen molar-refractivity contribution in [2.75, 3.05) is 0 Å². The summed E-state index contributed by atoms with van der Waals surface area (Å²) in [6.07, 6.45) is 6.67. The molecule has 2 amide bonds. The summed E-state index contributed by atoms with van der Waals surface area (Å²) in [6, 6.07) is 21.4. The van der Waals surface area contributed by atoms with Gasteiger partial charge >= 0.3 is 12.2 Å². The van der Waals surface area contributed by atoms with Crippen molar-refractivity contribution in [1.29, 1.82) is 0 Å². The van der Waals surface area contributed by atoms with Gasteiger partial charge in [0, 0.05) is 12.1 Å². The van der Waals surface area contributed by atoms with Gasteiger partial charge in [-0.15, -0.1) is 0 Å². The zero-order valence-corrected chi connectivity index (χ0v) is 26.9. The lowest BCUT2D eigenvalue weighted by Gasteiger charge is -2.40. The SMILES string of the molecule is CC(C)(C)OC(=O)NC1CCC(C(OC(c2ccccc2)C2CCC(NC(=O)OC(C)(C)C)CC2)c2ccccc2)CC1. The smallest absolute Gasteiger partial charge is 0.407 e. The van der Waals surface area contributed by atoms with Crippen molar-refractivity contribution in [3.63, 3.8) is 0 Å². The van der Waals surface area contributed by atoms with E-state index in [9.17, 15) is 9.59 Å². The third-order valence-electron chi connectivity index (χ3n) is 8.39. The summed E-state index contributed by atoms with van der Waals surface area (Å²) >= 11 is 0. The molecule has 0 aliphatic heterocycles. The van der Waals surface area contributed by atoms with E-state index in [0.29, 0.717) is 11.8 Å². The first kappa shape index (κ1) is 32.8. The number of ether oxygens (including phenoxy) is 3. The highest BCUT2D eigenvalue weighted by atomic mass is 16.6. The van der Waals surface area contributed by atoms with Gasteiger partial charge in [-0.05, 0) is 116 Å². The van der Waals surface area contributed by atoms with Crippen molar-refractivity contribution < 1.29 is 23.8 Å². The molecule has 43 heavy (non-hydrogen) atoms. The molecular weight excluding hydrogens is 540 g/mol. The second kappa shape index (κ2) is 14.6.